The molecule has 4 fully saturated rings. The van der Waals surface area contributed by atoms with Gasteiger partial charge in [-0.25, -0.2) is 4.98 Å². The van der Waals surface area contributed by atoms with Gasteiger partial charge in [-0.15, -0.1) is 13.2 Å². The average molecular weight is 466 g/mol. The SMILES string of the molecule is CC(C)N/C(=C\C(=N)c1cnc(N)c(OC(F)(F)F)c1)[C@H]1[C@@H]2C[C@H](N3C[C@H]4C[C@@H]3CO4)C[C@@H]21. The van der Waals surface area contributed by atoms with Crippen molar-refractivity contribution < 1.29 is 22.6 Å². The van der Waals surface area contributed by atoms with Crippen molar-refractivity contribution in [2.24, 2.45) is 17.8 Å². The quantitative estimate of drug-likeness (QED) is 0.535. The molecule has 0 amide bonds. The highest BCUT2D eigenvalue weighted by atomic mass is 19.4. The summed E-state index contributed by atoms with van der Waals surface area (Å²) < 4.78 is 47.7. The minimum Gasteiger partial charge on any atom is -0.402 e. The number of nitrogens with zero attached hydrogens (tertiary/aromatic N) is 2. The van der Waals surface area contributed by atoms with Crippen LogP contribution in [0, 0.1) is 23.2 Å². The number of alkyl halides is 3. The van der Waals surface area contributed by atoms with Gasteiger partial charge in [-0.1, -0.05) is 0 Å². The second-order valence-electron chi connectivity index (χ2n) is 9.99. The van der Waals surface area contributed by atoms with Gasteiger partial charge >= 0.3 is 6.36 Å². The monoisotopic (exact) mass is 465 g/mol. The van der Waals surface area contributed by atoms with Gasteiger partial charge in [0.15, 0.2) is 11.6 Å². The van der Waals surface area contributed by atoms with Gasteiger partial charge in [0.1, 0.15) is 0 Å². The first-order chi connectivity index (χ1) is 15.6. The molecule has 0 spiro atoms. The molecule has 2 saturated carbocycles. The molecule has 33 heavy (non-hydrogen) atoms. The summed E-state index contributed by atoms with van der Waals surface area (Å²) in [7, 11) is 0. The van der Waals surface area contributed by atoms with Gasteiger partial charge in [-0.05, 0) is 57.1 Å². The van der Waals surface area contributed by atoms with E-state index in [1.165, 1.54) is 6.20 Å². The van der Waals surface area contributed by atoms with Crippen LogP contribution in [0.25, 0.3) is 0 Å². The van der Waals surface area contributed by atoms with Crippen LogP contribution in [0.2, 0.25) is 0 Å². The predicted octanol–water partition coefficient (Wildman–Crippen LogP) is 3.31. The van der Waals surface area contributed by atoms with Crippen molar-refractivity contribution in [3.05, 3.63) is 29.6 Å². The Bertz CT molecular complexity index is 954. The lowest BCUT2D eigenvalue weighted by Gasteiger charge is -2.34. The van der Waals surface area contributed by atoms with E-state index in [9.17, 15) is 13.2 Å². The van der Waals surface area contributed by atoms with Crippen LogP contribution in [0.15, 0.2) is 24.0 Å². The van der Waals surface area contributed by atoms with Crippen LogP contribution in [0.4, 0.5) is 19.0 Å². The maximum atomic E-state index is 12.7. The van der Waals surface area contributed by atoms with Crippen LogP contribution in [-0.4, -0.2) is 59.3 Å². The number of nitrogens with two attached hydrogens (primary N) is 1. The van der Waals surface area contributed by atoms with Crippen molar-refractivity contribution in [3.63, 3.8) is 0 Å². The molecule has 7 nitrogen and oxygen atoms in total. The average Bonchev–Trinajstić information content (AvgIpc) is 3.15. The molecule has 4 aliphatic rings. The molecule has 1 aromatic heterocycles. The Hall–Kier alpha value is -2.33. The highest BCUT2D eigenvalue weighted by molar-refractivity contribution is 6.07. The van der Waals surface area contributed by atoms with Crippen molar-refractivity contribution in [1.29, 1.82) is 5.41 Å². The van der Waals surface area contributed by atoms with E-state index in [4.69, 9.17) is 15.9 Å². The minimum absolute atomic E-state index is 0.0770. The molecule has 1 aromatic rings. The molecule has 10 heteroatoms. The summed E-state index contributed by atoms with van der Waals surface area (Å²) in [5.41, 5.74) is 6.80. The fraction of sp³-hybridized carbons (Fsp3) is 0.652. The van der Waals surface area contributed by atoms with E-state index in [0.29, 0.717) is 35.9 Å². The standard InChI is InChI=1S/C23H30F3N5O2/c1-11(2)30-19(7-18(27)12-3-20(22(28)29-8-12)33-23(24,25)26)21-16-5-13(6-17(16)21)31-9-15-4-14(31)10-32-15/h3,7-8,11,13-17,21,27,30H,4-6,9-10H2,1-2H3,(H2,28,29)/b19-7-,27-18?/t13-,14-,15-,16+,17-,21-/m1/s1. The number of fused-ring (bicyclic) bond motifs is 3. The lowest BCUT2D eigenvalue weighted by Crippen LogP contribution is -2.44. The molecule has 5 rings (SSSR count). The highest BCUT2D eigenvalue weighted by Crippen LogP contribution is 2.61. The topological polar surface area (TPSA) is 96.5 Å². The number of morpholine rings is 1. The fourth-order valence-corrected chi connectivity index (χ4v) is 6.04. The number of anilines is 1. The zero-order valence-corrected chi connectivity index (χ0v) is 18.7. The third-order valence-corrected chi connectivity index (χ3v) is 7.36. The number of halogens is 3. The smallest absolute Gasteiger partial charge is 0.402 e. The molecule has 180 valence electrons. The minimum atomic E-state index is -4.88. The zero-order chi connectivity index (χ0) is 23.5. The number of nitrogens with one attached hydrogen (secondary N) is 2. The number of rotatable bonds is 7. The molecular weight excluding hydrogens is 435 g/mol. The van der Waals surface area contributed by atoms with E-state index in [1.807, 2.05) is 13.8 Å². The Kier molecular flexibility index (Phi) is 5.55. The van der Waals surface area contributed by atoms with Crippen molar-refractivity contribution >= 4 is 11.5 Å². The van der Waals surface area contributed by atoms with Crippen molar-refractivity contribution in [1.82, 2.24) is 15.2 Å². The van der Waals surface area contributed by atoms with Gasteiger partial charge in [0, 0.05) is 48.0 Å². The number of nitrogen functional groups attached to an aromatic ring is 1. The maximum absolute atomic E-state index is 12.7. The summed E-state index contributed by atoms with van der Waals surface area (Å²) in [6, 6.07) is 2.48. The molecule has 2 bridgehead atoms. The van der Waals surface area contributed by atoms with Gasteiger partial charge in [-0.2, -0.15) is 0 Å². The molecular formula is C23H30F3N5O2. The summed E-state index contributed by atoms with van der Waals surface area (Å²) >= 11 is 0. The van der Waals surface area contributed by atoms with E-state index in [1.54, 1.807) is 6.08 Å². The van der Waals surface area contributed by atoms with E-state index >= 15 is 0 Å². The number of pyridine rings is 1. The first-order valence-corrected chi connectivity index (χ1v) is 11.5. The number of hydrogen-bond acceptors (Lipinski definition) is 7. The maximum Gasteiger partial charge on any atom is 0.573 e. The third kappa shape index (κ3) is 4.55. The van der Waals surface area contributed by atoms with Crippen LogP contribution in [-0.2, 0) is 4.74 Å². The molecule has 3 heterocycles. The van der Waals surface area contributed by atoms with Gasteiger partial charge < -0.3 is 25.9 Å². The van der Waals surface area contributed by atoms with Gasteiger partial charge in [-0.3, -0.25) is 4.90 Å². The summed E-state index contributed by atoms with van der Waals surface area (Å²) in [5.74, 6) is 0.555. The zero-order valence-electron chi connectivity index (χ0n) is 18.7. The highest BCUT2D eigenvalue weighted by Gasteiger charge is 2.59. The second kappa shape index (κ2) is 8.16. The fourth-order valence-electron chi connectivity index (χ4n) is 6.04. The lowest BCUT2D eigenvalue weighted by atomic mass is 10.0. The van der Waals surface area contributed by atoms with Crippen LogP contribution in [0.5, 0.6) is 5.75 Å². The summed E-state index contributed by atoms with van der Waals surface area (Å²) in [4.78, 5) is 6.43. The molecule has 2 saturated heterocycles. The van der Waals surface area contributed by atoms with Crippen molar-refractivity contribution in [2.75, 3.05) is 18.9 Å². The number of ether oxygens (including phenoxy) is 2. The Balaban J connectivity index is 1.29. The molecule has 2 aliphatic heterocycles. The van der Waals surface area contributed by atoms with Crippen LogP contribution in [0.1, 0.15) is 38.7 Å². The first kappa shape index (κ1) is 22.5. The molecule has 4 N–H and O–H groups in total. The number of likely N-dealkylation sites (tertiary alicyclic amines) is 1. The second-order valence-corrected chi connectivity index (χ2v) is 9.99. The largest absolute Gasteiger partial charge is 0.573 e. The Morgan fingerprint density at radius 1 is 1.30 bits per heavy atom. The first-order valence-electron chi connectivity index (χ1n) is 11.5. The Morgan fingerprint density at radius 3 is 2.61 bits per heavy atom. The summed E-state index contributed by atoms with van der Waals surface area (Å²) in [5, 5.41) is 12.0. The Morgan fingerprint density at radius 2 is 2.03 bits per heavy atom. The predicted molar refractivity (Wildman–Crippen MR) is 117 cm³/mol. The molecule has 0 unspecified atom stereocenters. The van der Waals surface area contributed by atoms with Crippen molar-refractivity contribution in [2.45, 2.75) is 63.7 Å². The van der Waals surface area contributed by atoms with Gasteiger partial charge in [0.2, 0.25) is 0 Å². The van der Waals surface area contributed by atoms with E-state index < -0.39 is 12.1 Å². The van der Waals surface area contributed by atoms with E-state index in [2.05, 4.69) is 19.9 Å². The van der Waals surface area contributed by atoms with Gasteiger partial charge in [0.25, 0.3) is 0 Å². The number of allylic oxidation sites excluding steroid dienone is 2. The molecule has 0 radical (unpaired) electrons. The lowest BCUT2D eigenvalue weighted by molar-refractivity contribution is -0.274. The van der Waals surface area contributed by atoms with Gasteiger partial charge in [0.05, 0.1) is 18.4 Å². The number of hydrogen-bond donors (Lipinski definition) is 3. The van der Waals surface area contributed by atoms with Crippen LogP contribution >= 0.6 is 0 Å². The molecule has 6 atom stereocenters. The third-order valence-electron chi connectivity index (χ3n) is 7.36. The Labute approximate surface area is 191 Å². The molecule has 0 aromatic carbocycles. The van der Waals surface area contributed by atoms with Crippen LogP contribution in [0.3, 0.4) is 0 Å². The normalized spacial score (nSPS) is 33.5. The van der Waals surface area contributed by atoms with Crippen LogP contribution < -0.4 is 15.8 Å². The van der Waals surface area contributed by atoms with Crippen molar-refractivity contribution in [3.8, 4) is 5.75 Å². The van der Waals surface area contributed by atoms with E-state index in [-0.39, 0.29) is 23.1 Å². The van der Waals surface area contributed by atoms with E-state index in [0.717, 1.165) is 44.2 Å². The summed E-state index contributed by atoms with van der Waals surface area (Å²) in [6.07, 6.45) is 2.02. The summed E-state index contributed by atoms with van der Waals surface area (Å²) in [6.45, 7) is 5.98. The number of aromatic nitrogens is 1. The molecule has 2 aliphatic carbocycles.